The third kappa shape index (κ3) is 3.51. The average Bonchev–Trinajstić information content (AvgIpc) is 3.37. The molecule has 0 radical (unpaired) electrons. The number of hydrogen-bond donors (Lipinski definition) is 1. The number of carbonyl (C=O) groups is 2. The van der Waals surface area contributed by atoms with Gasteiger partial charge in [-0.2, -0.15) is 0 Å². The molecule has 0 saturated carbocycles. The van der Waals surface area contributed by atoms with Crippen molar-refractivity contribution < 1.29 is 9.59 Å². The number of nitrogens with zero attached hydrogens (tertiary/aromatic N) is 3. The van der Waals surface area contributed by atoms with Crippen molar-refractivity contribution in [1.82, 2.24) is 14.9 Å². The number of rotatable bonds is 3. The Balaban J connectivity index is 1.23. The van der Waals surface area contributed by atoms with Gasteiger partial charge in [-0.25, -0.2) is 4.98 Å². The van der Waals surface area contributed by atoms with E-state index in [0.717, 1.165) is 39.9 Å². The second kappa shape index (κ2) is 7.87. The first-order chi connectivity index (χ1) is 14.6. The number of benzene rings is 2. The van der Waals surface area contributed by atoms with Crippen LogP contribution in [0.15, 0.2) is 53.0 Å². The molecule has 5 rings (SSSR count). The molecule has 0 spiro atoms. The number of aromatic amines is 1. The zero-order chi connectivity index (χ0) is 20.7. The maximum Gasteiger partial charge on any atom is 0.239 e. The highest BCUT2D eigenvalue weighted by Gasteiger charge is 2.40. The molecule has 2 fully saturated rings. The third-order valence-electron chi connectivity index (χ3n) is 6.22. The van der Waals surface area contributed by atoms with Gasteiger partial charge in [0.25, 0.3) is 0 Å². The monoisotopic (exact) mass is 466 g/mol. The maximum atomic E-state index is 13.1. The van der Waals surface area contributed by atoms with Crippen molar-refractivity contribution >= 4 is 44.5 Å². The minimum absolute atomic E-state index is 0.0273. The number of imidazole rings is 1. The molecule has 154 valence electrons. The number of carbonyl (C=O) groups excluding carboxylic acids is 2. The van der Waals surface area contributed by atoms with Gasteiger partial charge in [-0.1, -0.05) is 34.1 Å². The van der Waals surface area contributed by atoms with E-state index in [2.05, 4.69) is 20.9 Å². The summed E-state index contributed by atoms with van der Waals surface area (Å²) < 4.78 is 0.926. The van der Waals surface area contributed by atoms with E-state index in [1.807, 2.05) is 53.4 Å². The van der Waals surface area contributed by atoms with Gasteiger partial charge < -0.3 is 14.8 Å². The fraction of sp³-hybridized carbons (Fsp3) is 0.348. The van der Waals surface area contributed by atoms with E-state index in [1.54, 1.807) is 4.90 Å². The van der Waals surface area contributed by atoms with Crippen LogP contribution in [0, 0.1) is 5.92 Å². The first-order valence-electron chi connectivity index (χ1n) is 10.4. The van der Waals surface area contributed by atoms with Crippen LogP contribution in [0.25, 0.3) is 11.0 Å². The van der Waals surface area contributed by atoms with Crippen molar-refractivity contribution in [1.29, 1.82) is 0 Å². The van der Waals surface area contributed by atoms with Crippen LogP contribution in [0.4, 0.5) is 5.69 Å². The van der Waals surface area contributed by atoms with Crippen LogP contribution in [0.3, 0.4) is 0 Å². The van der Waals surface area contributed by atoms with Crippen LogP contribution < -0.4 is 4.90 Å². The Morgan fingerprint density at radius 2 is 1.83 bits per heavy atom. The number of aromatic nitrogens is 2. The van der Waals surface area contributed by atoms with E-state index in [4.69, 9.17) is 4.98 Å². The minimum atomic E-state index is -0.563. The number of H-pyrrole nitrogens is 1. The lowest BCUT2D eigenvalue weighted by Crippen LogP contribution is -2.43. The summed E-state index contributed by atoms with van der Waals surface area (Å²) >= 11 is 3.45. The van der Waals surface area contributed by atoms with Crippen molar-refractivity contribution in [3.05, 3.63) is 58.8 Å². The van der Waals surface area contributed by atoms with Crippen molar-refractivity contribution in [3.63, 3.8) is 0 Å². The lowest BCUT2D eigenvalue weighted by atomic mass is 9.94. The van der Waals surface area contributed by atoms with Crippen molar-refractivity contribution in [2.24, 2.45) is 5.92 Å². The Kier molecular flexibility index (Phi) is 5.06. The molecular formula is C23H23BrN4O2. The lowest BCUT2D eigenvalue weighted by Gasteiger charge is -2.32. The summed E-state index contributed by atoms with van der Waals surface area (Å²) in [4.78, 5) is 37.8. The Morgan fingerprint density at radius 1 is 1.03 bits per heavy atom. The van der Waals surface area contributed by atoms with Crippen LogP contribution in [0.2, 0.25) is 0 Å². The number of anilines is 1. The predicted molar refractivity (Wildman–Crippen MR) is 119 cm³/mol. The summed E-state index contributed by atoms with van der Waals surface area (Å²) in [7, 11) is 0. The molecule has 1 unspecified atom stereocenters. The molecule has 2 amide bonds. The van der Waals surface area contributed by atoms with Gasteiger partial charge >= 0.3 is 0 Å². The zero-order valence-electron chi connectivity index (χ0n) is 16.6. The van der Waals surface area contributed by atoms with E-state index >= 15 is 0 Å². The molecule has 2 aliphatic heterocycles. The second-order valence-corrected chi connectivity index (χ2v) is 8.97. The van der Waals surface area contributed by atoms with Gasteiger partial charge in [0.15, 0.2) is 0 Å². The molecule has 6 nitrogen and oxygen atoms in total. The van der Waals surface area contributed by atoms with Crippen molar-refractivity contribution in [2.75, 3.05) is 24.5 Å². The van der Waals surface area contributed by atoms with E-state index in [1.165, 1.54) is 0 Å². The average molecular weight is 467 g/mol. The number of likely N-dealkylation sites (tertiary alicyclic amines) is 1. The fourth-order valence-corrected chi connectivity index (χ4v) is 4.96. The molecule has 0 aliphatic carbocycles. The molecule has 1 N–H and O–H groups in total. The highest BCUT2D eigenvalue weighted by molar-refractivity contribution is 9.10. The van der Waals surface area contributed by atoms with E-state index in [-0.39, 0.29) is 11.8 Å². The van der Waals surface area contributed by atoms with Gasteiger partial charge in [0.1, 0.15) is 11.7 Å². The van der Waals surface area contributed by atoms with Gasteiger partial charge in [0.05, 0.1) is 11.0 Å². The molecular weight excluding hydrogens is 444 g/mol. The van der Waals surface area contributed by atoms with Crippen LogP contribution in [0.5, 0.6) is 0 Å². The molecule has 2 aromatic carbocycles. The van der Waals surface area contributed by atoms with Gasteiger partial charge in [0, 0.05) is 35.7 Å². The number of para-hydroxylation sites is 2. The Labute approximate surface area is 183 Å². The summed E-state index contributed by atoms with van der Waals surface area (Å²) in [5.74, 6) is 0.643. The number of nitrogens with one attached hydrogen (secondary N) is 1. The third-order valence-corrected chi connectivity index (χ3v) is 6.72. The zero-order valence-corrected chi connectivity index (χ0v) is 18.1. The highest BCUT2D eigenvalue weighted by Crippen LogP contribution is 2.31. The Bertz CT molecular complexity index is 1070. The normalized spacial score (nSPS) is 20.3. The molecule has 1 atom stereocenters. The Hall–Kier alpha value is -2.67. The lowest BCUT2D eigenvalue weighted by molar-refractivity contribution is -0.140. The van der Waals surface area contributed by atoms with Crippen molar-refractivity contribution in [2.45, 2.75) is 25.2 Å². The van der Waals surface area contributed by atoms with Gasteiger partial charge in [-0.15, -0.1) is 0 Å². The van der Waals surface area contributed by atoms with Crippen molar-refractivity contribution in [3.8, 4) is 0 Å². The van der Waals surface area contributed by atoms with E-state index in [9.17, 15) is 9.59 Å². The molecule has 3 heterocycles. The van der Waals surface area contributed by atoms with E-state index < -0.39 is 5.92 Å². The number of halogens is 1. The summed E-state index contributed by atoms with van der Waals surface area (Å²) in [6.45, 7) is 1.92. The number of hydrogen-bond acceptors (Lipinski definition) is 3. The number of piperidine rings is 1. The van der Waals surface area contributed by atoms with Gasteiger partial charge in [-0.3, -0.25) is 9.59 Å². The van der Waals surface area contributed by atoms with Crippen LogP contribution in [-0.2, 0) is 9.59 Å². The smallest absolute Gasteiger partial charge is 0.239 e. The summed E-state index contributed by atoms with van der Waals surface area (Å²) in [6.07, 6.45) is 2.30. The number of amides is 2. The van der Waals surface area contributed by atoms with E-state index in [0.29, 0.717) is 32.0 Å². The van der Waals surface area contributed by atoms with Crippen LogP contribution in [-0.4, -0.2) is 46.3 Å². The largest absolute Gasteiger partial charge is 0.342 e. The summed E-state index contributed by atoms with van der Waals surface area (Å²) in [6, 6.07) is 15.7. The first-order valence-corrected chi connectivity index (χ1v) is 11.2. The maximum absolute atomic E-state index is 13.1. The molecule has 3 aromatic rings. The Morgan fingerprint density at radius 3 is 2.60 bits per heavy atom. The van der Waals surface area contributed by atoms with Crippen LogP contribution in [0.1, 0.15) is 31.0 Å². The highest BCUT2D eigenvalue weighted by atomic mass is 79.9. The van der Waals surface area contributed by atoms with Gasteiger partial charge in [-0.05, 0) is 49.6 Å². The molecule has 0 bridgehead atoms. The van der Waals surface area contributed by atoms with Crippen LogP contribution >= 0.6 is 15.9 Å². The molecule has 2 saturated heterocycles. The quantitative estimate of drug-likeness (QED) is 0.591. The number of fused-ring (bicyclic) bond motifs is 1. The topological polar surface area (TPSA) is 69.3 Å². The standard InChI is InChI=1S/C23H23BrN4O2/c24-16-4-3-5-17(14-16)28-13-10-18(23(28)30)22(29)27-11-8-15(9-12-27)21-25-19-6-1-2-7-20(19)26-21/h1-7,14-15,18H,8-13H2,(H,25,26). The first kappa shape index (κ1) is 19.3. The SMILES string of the molecule is O=C(C1CCN(c2cccc(Br)c2)C1=O)N1CCC(c2nc3ccccc3[nH]2)CC1. The van der Waals surface area contributed by atoms with Gasteiger partial charge in [0.2, 0.25) is 11.8 Å². The molecule has 7 heteroatoms. The minimum Gasteiger partial charge on any atom is -0.342 e. The molecule has 2 aliphatic rings. The second-order valence-electron chi connectivity index (χ2n) is 8.05. The summed E-state index contributed by atoms with van der Waals surface area (Å²) in [5.41, 5.74) is 2.87. The predicted octanol–water partition coefficient (Wildman–Crippen LogP) is 4.08. The summed E-state index contributed by atoms with van der Waals surface area (Å²) in [5, 5.41) is 0. The molecule has 1 aromatic heterocycles. The molecule has 30 heavy (non-hydrogen) atoms. The fourth-order valence-electron chi connectivity index (χ4n) is 4.57.